The first-order chi connectivity index (χ1) is 4.91. The average molecular weight is 267 g/mol. The first-order valence-corrected chi connectivity index (χ1v) is 5.28. The van der Waals surface area contributed by atoms with E-state index in [9.17, 15) is 0 Å². The number of hydrogen-bond acceptors (Lipinski definition) is 1. The third kappa shape index (κ3) is 25.0. The second-order valence-electron chi connectivity index (χ2n) is 2.41. The molecule has 2 radical (unpaired) electrons. The van der Waals surface area contributed by atoms with Crippen molar-refractivity contribution in [3.8, 4) is 0 Å². The van der Waals surface area contributed by atoms with Crippen molar-refractivity contribution in [1.82, 2.24) is 0 Å². The molecule has 0 unspecified atom stereocenters. The molecular weight excluding hydrogens is 247 g/mol. The van der Waals surface area contributed by atoms with Crippen molar-refractivity contribution < 1.29 is 8.55 Å². The fourth-order valence-electron chi connectivity index (χ4n) is 0.854. The molecule has 0 saturated heterocycles. The van der Waals surface area contributed by atoms with Gasteiger partial charge in [0.15, 0.2) is 0 Å². The Morgan fingerprint density at radius 3 is 1.27 bits per heavy atom. The molecule has 3 heteroatoms. The van der Waals surface area contributed by atoms with E-state index in [1.165, 1.54) is 38.5 Å². The fourth-order valence-corrected chi connectivity index (χ4v) is 0.854. The van der Waals surface area contributed by atoms with E-state index in [1.54, 1.807) is 0 Å². The van der Waals surface area contributed by atoms with Gasteiger partial charge in [-0.3, -0.25) is 0 Å². The molecule has 0 heterocycles. The van der Waals surface area contributed by atoms with Crippen LogP contribution in [0, 0.1) is 0 Å². The molecule has 0 aliphatic rings. The van der Waals surface area contributed by atoms with E-state index in [0.717, 1.165) is 0 Å². The number of unbranched alkanes of at least 4 members (excludes halogenated alkanes) is 5. The van der Waals surface area contributed by atoms with Gasteiger partial charge in [-0.1, -0.05) is 52.4 Å². The normalized spacial score (nSPS) is 7.45. The Morgan fingerprint density at radius 2 is 1.09 bits per heavy atom. The molecular formula is C8H20O2Sn. The van der Waals surface area contributed by atoms with Crippen LogP contribution >= 0.6 is 0 Å². The summed E-state index contributed by atoms with van der Waals surface area (Å²) < 4.78 is 8.34. The molecule has 0 spiro atoms. The standard InChI is InChI=1S/C8H18.H2O.O.Sn/c1-3-5-7-8-6-4-2;;;/h3-8H2,1-2H3;1H2;;. The average Bonchev–Trinajstić information content (AvgIpc) is 2.02. The van der Waals surface area contributed by atoms with E-state index in [4.69, 9.17) is 3.08 Å². The molecule has 0 rings (SSSR count). The van der Waals surface area contributed by atoms with Crippen LogP contribution in [0.25, 0.3) is 0 Å². The second-order valence-corrected chi connectivity index (χ2v) is 2.41. The Bertz CT molecular complexity index is 45.4. The quantitative estimate of drug-likeness (QED) is 0.555. The van der Waals surface area contributed by atoms with Gasteiger partial charge in [0.1, 0.15) is 0 Å². The molecule has 0 bridgehead atoms. The summed E-state index contributed by atoms with van der Waals surface area (Å²) in [5.41, 5.74) is 0. The van der Waals surface area contributed by atoms with Crippen molar-refractivity contribution in [2.75, 3.05) is 0 Å². The third-order valence-electron chi connectivity index (χ3n) is 1.46. The molecule has 0 aliphatic carbocycles. The van der Waals surface area contributed by atoms with Crippen molar-refractivity contribution >= 4 is 22.5 Å². The van der Waals surface area contributed by atoms with E-state index < -0.39 is 0 Å². The van der Waals surface area contributed by atoms with Gasteiger partial charge in [0.05, 0.1) is 0 Å². The molecule has 0 saturated carbocycles. The van der Waals surface area contributed by atoms with Gasteiger partial charge < -0.3 is 5.48 Å². The van der Waals surface area contributed by atoms with Crippen LogP contribution in [-0.2, 0) is 3.08 Å². The van der Waals surface area contributed by atoms with Crippen LogP contribution in [0.3, 0.4) is 0 Å². The van der Waals surface area contributed by atoms with Gasteiger partial charge >= 0.3 is 25.6 Å². The number of rotatable bonds is 5. The minimum atomic E-state index is 0. The van der Waals surface area contributed by atoms with Crippen molar-refractivity contribution in [2.45, 2.75) is 52.4 Å². The minimum absolute atomic E-state index is 0. The van der Waals surface area contributed by atoms with Crippen LogP contribution in [0.15, 0.2) is 0 Å². The summed E-state index contributed by atoms with van der Waals surface area (Å²) in [6.45, 7) is 4.51. The summed E-state index contributed by atoms with van der Waals surface area (Å²) >= 11 is 0.300. The van der Waals surface area contributed by atoms with E-state index in [2.05, 4.69) is 13.8 Å². The van der Waals surface area contributed by atoms with Crippen molar-refractivity contribution in [1.29, 1.82) is 0 Å². The molecule has 0 aromatic heterocycles. The van der Waals surface area contributed by atoms with E-state index >= 15 is 0 Å². The molecule has 0 fully saturated rings. The molecule has 0 aromatic rings. The predicted octanol–water partition coefficient (Wildman–Crippen LogP) is 2.04. The van der Waals surface area contributed by atoms with E-state index in [-0.39, 0.29) is 5.48 Å². The zero-order valence-corrected chi connectivity index (χ0v) is 10.5. The zero-order chi connectivity index (χ0) is 8.24. The van der Waals surface area contributed by atoms with Crippen molar-refractivity contribution in [2.24, 2.45) is 0 Å². The first kappa shape index (κ1) is 17.6. The molecule has 0 aliphatic heterocycles. The van der Waals surface area contributed by atoms with Gasteiger partial charge in [-0.25, -0.2) is 0 Å². The zero-order valence-electron chi connectivity index (χ0n) is 7.65. The second kappa shape index (κ2) is 22.4. The maximum absolute atomic E-state index is 8.34. The summed E-state index contributed by atoms with van der Waals surface area (Å²) in [7, 11) is 0. The van der Waals surface area contributed by atoms with Crippen LogP contribution in [0.5, 0.6) is 0 Å². The first-order valence-electron chi connectivity index (χ1n) is 4.12. The van der Waals surface area contributed by atoms with Gasteiger partial charge in [0.25, 0.3) is 0 Å². The summed E-state index contributed by atoms with van der Waals surface area (Å²) in [5, 5.41) is 0. The summed E-state index contributed by atoms with van der Waals surface area (Å²) in [4.78, 5) is 0. The summed E-state index contributed by atoms with van der Waals surface area (Å²) in [5.74, 6) is 0. The topological polar surface area (TPSA) is 48.6 Å². The Hall–Kier alpha value is 0.559. The molecule has 0 aromatic carbocycles. The van der Waals surface area contributed by atoms with Crippen LogP contribution in [0.2, 0.25) is 0 Å². The number of hydrogen-bond donors (Lipinski definition) is 0. The van der Waals surface area contributed by atoms with Gasteiger partial charge in [0.2, 0.25) is 0 Å². The Labute approximate surface area is 83.5 Å². The molecule has 68 valence electrons. The third-order valence-corrected chi connectivity index (χ3v) is 1.46. The molecule has 2 nitrogen and oxygen atoms in total. The molecule has 0 amide bonds. The summed E-state index contributed by atoms with van der Waals surface area (Å²) in [6, 6.07) is 0. The van der Waals surface area contributed by atoms with Gasteiger partial charge in [0, 0.05) is 0 Å². The van der Waals surface area contributed by atoms with Crippen LogP contribution in [-0.4, -0.2) is 28.0 Å². The maximum atomic E-state index is 8.34. The Kier molecular flexibility index (Phi) is 35.9. The van der Waals surface area contributed by atoms with Crippen LogP contribution in [0.1, 0.15) is 52.4 Å². The van der Waals surface area contributed by atoms with Crippen molar-refractivity contribution in [3.05, 3.63) is 0 Å². The van der Waals surface area contributed by atoms with E-state index in [0.29, 0.717) is 22.5 Å². The SMILES string of the molecule is CCCCCCCC.O.[O]=[Sn]. The van der Waals surface area contributed by atoms with Crippen LogP contribution < -0.4 is 0 Å². The monoisotopic (exact) mass is 268 g/mol. The van der Waals surface area contributed by atoms with Gasteiger partial charge in [-0.05, 0) is 0 Å². The van der Waals surface area contributed by atoms with Gasteiger partial charge in [-0.2, -0.15) is 0 Å². The molecule has 0 atom stereocenters. The summed E-state index contributed by atoms with van der Waals surface area (Å²) in [6.07, 6.45) is 8.49. The Morgan fingerprint density at radius 1 is 0.818 bits per heavy atom. The van der Waals surface area contributed by atoms with E-state index in [1.807, 2.05) is 0 Å². The molecule has 11 heavy (non-hydrogen) atoms. The van der Waals surface area contributed by atoms with Gasteiger partial charge in [-0.15, -0.1) is 0 Å². The van der Waals surface area contributed by atoms with Crippen LogP contribution in [0.4, 0.5) is 0 Å². The predicted molar refractivity (Wildman–Crippen MR) is 49.1 cm³/mol. The fraction of sp³-hybridized carbons (Fsp3) is 1.00. The van der Waals surface area contributed by atoms with Crippen molar-refractivity contribution in [3.63, 3.8) is 0 Å². The molecule has 2 N–H and O–H groups in total. The Balaban J connectivity index is -0.000000196.